The molecule has 1 unspecified atom stereocenters. The van der Waals surface area contributed by atoms with E-state index in [1.165, 1.54) is 5.56 Å². The van der Waals surface area contributed by atoms with Gasteiger partial charge >= 0.3 is 0 Å². The molecule has 1 aromatic rings. The predicted molar refractivity (Wildman–Crippen MR) is 77.6 cm³/mol. The summed E-state index contributed by atoms with van der Waals surface area (Å²) in [6.45, 7) is 8.94. The molecule has 0 fully saturated rings. The summed E-state index contributed by atoms with van der Waals surface area (Å²) in [6, 6.07) is 8.71. The van der Waals surface area contributed by atoms with Crippen LogP contribution in [-0.2, 0) is 4.74 Å². The molecule has 1 aromatic carbocycles. The summed E-state index contributed by atoms with van der Waals surface area (Å²) in [7, 11) is 0. The summed E-state index contributed by atoms with van der Waals surface area (Å²) in [5, 5.41) is 3.63. The molecule has 1 aliphatic rings. The number of rotatable bonds is 6. The van der Waals surface area contributed by atoms with Gasteiger partial charge < -0.3 is 14.8 Å². The fraction of sp³-hybridized carbons (Fsp3) is 0.625. The summed E-state index contributed by atoms with van der Waals surface area (Å²) in [4.78, 5) is 0. The molecule has 0 bridgehead atoms. The number of para-hydroxylation sites is 1. The molecule has 1 atom stereocenters. The zero-order valence-corrected chi connectivity index (χ0v) is 12.2. The highest BCUT2D eigenvalue weighted by Gasteiger charge is 2.32. The maximum absolute atomic E-state index is 6.03. The first-order valence-corrected chi connectivity index (χ1v) is 7.21. The molecule has 1 N–H and O–H groups in total. The van der Waals surface area contributed by atoms with E-state index in [-0.39, 0.29) is 5.60 Å². The maximum Gasteiger partial charge on any atom is 0.124 e. The first-order valence-electron chi connectivity index (χ1n) is 7.21. The van der Waals surface area contributed by atoms with Crippen molar-refractivity contribution in [1.82, 2.24) is 5.32 Å². The number of benzene rings is 1. The van der Waals surface area contributed by atoms with Crippen molar-refractivity contribution < 1.29 is 9.47 Å². The molecule has 0 radical (unpaired) electrons. The van der Waals surface area contributed by atoms with E-state index < -0.39 is 0 Å². The van der Waals surface area contributed by atoms with Crippen molar-refractivity contribution in [1.29, 1.82) is 0 Å². The van der Waals surface area contributed by atoms with Crippen LogP contribution in [0.1, 0.15) is 45.2 Å². The van der Waals surface area contributed by atoms with Gasteiger partial charge in [0.15, 0.2) is 0 Å². The van der Waals surface area contributed by atoms with Crippen molar-refractivity contribution in [3.63, 3.8) is 0 Å². The molecule has 1 heterocycles. The van der Waals surface area contributed by atoms with Gasteiger partial charge in [-0.1, -0.05) is 18.2 Å². The number of nitrogens with one attached hydrogen (secondary N) is 1. The highest BCUT2D eigenvalue weighted by Crippen LogP contribution is 2.38. The topological polar surface area (TPSA) is 30.5 Å². The molecule has 3 heteroatoms. The summed E-state index contributed by atoms with van der Waals surface area (Å²) in [6.07, 6.45) is 2.05. The highest BCUT2D eigenvalue weighted by atomic mass is 16.5. The molecule has 19 heavy (non-hydrogen) atoms. The van der Waals surface area contributed by atoms with Gasteiger partial charge in [-0.05, 0) is 39.8 Å². The number of hydrogen-bond acceptors (Lipinski definition) is 3. The lowest BCUT2D eigenvalue weighted by Gasteiger charge is -2.38. The minimum Gasteiger partial charge on any atom is -0.487 e. The number of hydrogen-bond donors (Lipinski definition) is 1. The van der Waals surface area contributed by atoms with Crippen LogP contribution < -0.4 is 10.1 Å². The largest absolute Gasteiger partial charge is 0.487 e. The van der Waals surface area contributed by atoms with Gasteiger partial charge in [0.25, 0.3) is 0 Å². The van der Waals surface area contributed by atoms with Gasteiger partial charge in [0.05, 0.1) is 0 Å². The Kier molecular flexibility index (Phi) is 4.83. The van der Waals surface area contributed by atoms with Crippen LogP contribution in [0.3, 0.4) is 0 Å². The quantitative estimate of drug-likeness (QED) is 0.799. The molecule has 0 aliphatic carbocycles. The Balaban J connectivity index is 1.96. The van der Waals surface area contributed by atoms with E-state index in [4.69, 9.17) is 9.47 Å². The lowest BCUT2D eigenvalue weighted by atomic mass is 9.89. The van der Waals surface area contributed by atoms with E-state index in [1.807, 2.05) is 13.0 Å². The van der Waals surface area contributed by atoms with Gasteiger partial charge in [-0.25, -0.2) is 0 Å². The number of fused-ring (bicyclic) bond motifs is 1. The van der Waals surface area contributed by atoms with Crippen molar-refractivity contribution in [2.75, 3.05) is 19.8 Å². The standard InChI is InChI=1S/C16H25NO2/c1-4-18-11-7-10-17-14-12-16(2,3)19-15-9-6-5-8-13(14)15/h5-6,8-9,14,17H,4,7,10-12H2,1-3H3. The van der Waals surface area contributed by atoms with Gasteiger partial charge in [-0.3, -0.25) is 0 Å². The fourth-order valence-electron chi connectivity index (χ4n) is 2.58. The van der Waals surface area contributed by atoms with Crippen molar-refractivity contribution in [3.05, 3.63) is 29.8 Å². The van der Waals surface area contributed by atoms with Crippen molar-refractivity contribution in [3.8, 4) is 5.75 Å². The molecule has 1 aliphatic heterocycles. The van der Waals surface area contributed by atoms with Crippen LogP contribution in [0.4, 0.5) is 0 Å². The predicted octanol–water partition coefficient (Wildman–Crippen LogP) is 3.31. The maximum atomic E-state index is 6.03. The third-order valence-corrected chi connectivity index (χ3v) is 3.44. The molecular formula is C16H25NO2. The SMILES string of the molecule is CCOCCCNC1CC(C)(C)Oc2ccccc21. The zero-order valence-electron chi connectivity index (χ0n) is 12.2. The summed E-state index contributed by atoms with van der Waals surface area (Å²) >= 11 is 0. The van der Waals surface area contributed by atoms with E-state index in [2.05, 4.69) is 37.4 Å². The Morgan fingerprint density at radius 1 is 1.37 bits per heavy atom. The average molecular weight is 263 g/mol. The fourth-order valence-corrected chi connectivity index (χ4v) is 2.58. The van der Waals surface area contributed by atoms with E-state index in [9.17, 15) is 0 Å². The van der Waals surface area contributed by atoms with Gasteiger partial charge in [0.1, 0.15) is 11.4 Å². The summed E-state index contributed by atoms with van der Waals surface area (Å²) < 4.78 is 11.4. The third-order valence-electron chi connectivity index (χ3n) is 3.44. The molecule has 3 nitrogen and oxygen atoms in total. The Labute approximate surface area is 116 Å². The van der Waals surface area contributed by atoms with E-state index in [0.717, 1.165) is 38.3 Å². The molecule has 0 saturated carbocycles. The highest BCUT2D eigenvalue weighted by molar-refractivity contribution is 5.38. The van der Waals surface area contributed by atoms with Crippen LogP contribution in [0.2, 0.25) is 0 Å². The third kappa shape index (κ3) is 3.95. The van der Waals surface area contributed by atoms with Gasteiger partial charge in [-0.15, -0.1) is 0 Å². The molecule has 0 saturated heterocycles. The van der Waals surface area contributed by atoms with E-state index in [0.29, 0.717) is 6.04 Å². The minimum atomic E-state index is -0.105. The smallest absolute Gasteiger partial charge is 0.124 e. The van der Waals surface area contributed by atoms with Gasteiger partial charge in [0.2, 0.25) is 0 Å². The van der Waals surface area contributed by atoms with Crippen LogP contribution in [0, 0.1) is 0 Å². The van der Waals surface area contributed by atoms with Crippen LogP contribution in [0.25, 0.3) is 0 Å². The van der Waals surface area contributed by atoms with Crippen LogP contribution in [0.5, 0.6) is 5.75 Å². The second kappa shape index (κ2) is 6.40. The van der Waals surface area contributed by atoms with Crippen LogP contribution >= 0.6 is 0 Å². The lowest BCUT2D eigenvalue weighted by molar-refractivity contribution is 0.0653. The first-order chi connectivity index (χ1) is 9.12. The molecule has 0 aromatic heterocycles. The van der Waals surface area contributed by atoms with Gasteiger partial charge in [0, 0.05) is 31.2 Å². The number of ether oxygens (including phenoxy) is 2. The van der Waals surface area contributed by atoms with Crippen molar-refractivity contribution in [2.24, 2.45) is 0 Å². The zero-order chi connectivity index (χ0) is 13.7. The van der Waals surface area contributed by atoms with Crippen molar-refractivity contribution >= 4 is 0 Å². The average Bonchev–Trinajstić information content (AvgIpc) is 2.37. The van der Waals surface area contributed by atoms with Crippen LogP contribution in [-0.4, -0.2) is 25.4 Å². The second-order valence-corrected chi connectivity index (χ2v) is 5.66. The minimum absolute atomic E-state index is 0.105. The van der Waals surface area contributed by atoms with Gasteiger partial charge in [-0.2, -0.15) is 0 Å². The normalized spacial score (nSPS) is 20.7. The monoisotopic (exact) mass is 263 g/mol. The van der Waals surface area contributed by atoms with E-state index in [1.54, 1.807) is 0 Å². The Bertz CT molecular complexity index is 403. The van der Waals surface area contributed by atoms with E-state index >= 15 is 0 Å². The Morgan fingerprint density at radius 3 is 2.95 bits per heavy atom. The first kappa shape index (κ1) is 14.4. The Morgan fingerprint density at radius 2 is 2.16 bits per heavy atom. The molecule has 106 valence electrons. The summed E-state index contributed by atoms with van der Waals surface area (Å²) in [5.74, 6) is 1.01. The van der Waals surface area contributed by atoms with Crippen LogP contribution in [0.15, 0.2) is 24.3 Å². The van der Waals surface area contributed by atoms with Crippen molar-refractivity contribution in [2.45, 2.75) is 45.3 Å². The molecule has 2 rings (SSSR count). The Hall–Kier alpha value is -1.06. The molecular weight excluding hydrogens is 238 g/mol. The molecule has 0 amide bonds. The second-order valence-electron chi connectivity index (χ2n) is 5.66. The molecule has 0 spiro atoms. The summed E-state index contributed by atoms with van der Waals surface area (Å²) in [5.41, 5.74) is 1.17. The lowest BCUT2D eigenvalue weighted by Crippen LogP contribution is -2.39.